The van der Waals surface area contributed by atoms with E-state index in [2.05, 4.69) is 21.2 Å². The van der Waals surface area contributed by atoms with Crippen LogP contribution in [0.3, 0.4) is 0 Å². The van der Waals surface area contributed by atoms with E-state index < -0.39 is 5.82 Å². The molecular formula is C16H15BrFNO2S. The minimum Gasteiger partial charge on any atom is -0.497 e. The SMILES string of the molecule is COc1ccc(CSCC(=O)Nc2ccc(Br)cc2F)cc1. The summed E-state index contributed by atoms with van der Waals surface area (Å²) < 4.78 is 19.3. The summed E-state index contributed by atoms with van der Waals surface area (Å²) in [6, 6.07) is 12.2. The van der Waals surface area contributed by atoms with Crippen LogP contribution in [0.1, 0.15) is 5.56 Å². The highest BCUT2D eigenvalue weighted by Gasteiger charge is 2.07. The van der Waals surface area contributed by atoms with Gasteiger partial charge in [-0.05, 0) is 35.9 Å². The van der Waals surface area contributed by atoms with E-state index in [1.54, 1.807) is 13.2 Å². The number of halogens is 2. The topological polar surface area (TPSA) is 38.3 Å². The van der Waals surface area contributed by atoms with E-state index in [9.17, 15) is 9.18 Å². The molecule has 0 radical (unpaired) electrons. The highest BCUT2D eigenvalue weighted by molar-refractivity contribution is 9.10. The number of thioether (sulfide) groups is 1. The maximum absolute atomic E-state index is 13.6. The molecule has 0 spiro atoms. The number of hydrogen-bond acceptors (Lipinski definition) is 3. The van der Waals surface area contributed by atoms with Gasteiger partial charge < -0.3 is 10.1 Å². The molecule has 6 heteroatoms. The number of carbonyl (C=O) groups is 1. The molecule has 0 aliphatic carbocycles. The van der Waals surface area contributed by atoms with Crippen molar-refractivity contribution in [3.63, 3.8) is 0 Å². The van der Waals surface area contributed by atoms with Gasteiger partial charge in [-0.15, -0.1) is 11.8 Å². The molecule has 0 aliphatic rings. The highest BCUT2D eigenvalue weighted by Crippen LogP contribution is 2.20. The lowest BCUT2D eigenvalue weighted by atomic mass is 10.2. The fourth-order valence-corrected chi connectivity index (χ4v) is 2.88. The van der Waals surface area contributed by atoms with Gasteiger partial charge in [-0.1, -0.05) is 28.1 Å². The van der Waals surface area contributed by atoms with Crippen molar-refractivity contribution in [2.75, 3.05) is 18.2 Å². The normalized spacial score (nSPS) is 10.3. The van der Waals surface area contributed by atoms with E-state index in [0.717, 1.165) is 11.3 Å². The van der Waals surface area contributed by atoms with Gasteiger partial charge in [0.15, 0.2) is 0 Å². The molecule has 0 unspecified atom stereocenters. The lowest BCUT2D eigenvalue weighted by Crippen LogP contribution is -2.15. The average molecular weight is 384 g/mol. The van der Waals surface area contributed by atoms with E-state index >= 15 is 0 Å². The van der Waals surface area contributed by atoms with Crippen LogP contribution in [-0.4, -0.2) is 18.8 Å². The molecule has 0 atom stereocenters. The van der Waals surface area contributed by atoms with Crippen LogP contribution in [-0.2, 0) is 10.5 Å². The van der Waals surface area contributed by atoms with E-state index in [4.69, 9.17) is 4.74 Å². The summed E-state index contributed by atoms with van der Waals surface area (Å²) in [6.07, 6.45) is 0. The fraction of sp³-hybridized carbons (Fsp3) is 0.188. The maximum Gasteiger partial charge on any atom is 0.234 e. The zero-order valence-electron chi connectivity index (χ0n) is 11.9. The Morgan fingerprint density at radius 1 is 1.27 bits per heavy atom. The molecule has 3 nitrogen and oxygen atoms in total. The van der Waals surface area contributed by atoms with Gasteiger partial charge in [0, 0.05) is 10.2 Å². The molecular weight excluding hydrogens is 369 g/mol. The minimum atomic E-state index is -0.456. The Kier molecular flexibility index (Phi) is 6.27. The Morgan fingerprint density at radius 3 is 2.64 bits per heavy atom. The standard InChI is InChI=1S/C16H15BrFNO2S/c1-21-13-5-2-11(3-6-13)9-22-10-16(20)19-15-7-4-12(17)8-14(15)18/h2-8H,9-10H2,1H3,(H,19,20). The predicted molar refractivity (Wildman–Crippen MR) is 91.9 cm³/mol. The molecule has 2 aromatic rings. The molecule has 116 valence electrons. The predicted octanol–water partition coefficient (Wildman–Crippen LogP) is 4.47. The van der Waals surface area contributed by atoms with E-state index in [1.165, 1.54) is 23.9 Å². The van der Waals surface area contributed by atoms with Crippen molar-refractivity contribution in [3.8, 4) is 5.75 Å². The van der Waals surface area contributed by atoms with Gasteiger partial charge >= 0.3 is 0 Å². The lowest BCUT2D eigenvalue weighted by Gasteiger charge is -2.07. The Bertz CT molecular complexity index is 649. The van der Waals surface area contributed by atoms with Gasteiger partial charge in [-0.2, -0.15) is 0 Å². The van der Waals surface area contributed by atoms with Gasteiger partial charge in [0.2, 0.25) is 5.91 Å². The summed E-state index contributed by atoms with van der Waals surface area (Å²) in [4.78, 5) is 11.8. The molecule has 22 heavy (non-hydrogen) atoms. The third-order valence-corrected chi connectivity index (χ3v) is 4.36. The van der Waals surface area contributed by atoms with Crippen molar-refractivity contribution in [2.24, 2.45) is 0 Å². The smallest absolute Gasteiger partial charge is 0.234 e. The van der Waals surface area contributed by atoms with Crippen LogP contribution in [0.4, 0.5) is 10.1 Å². The number of amides is 1. The summed E-state index contributed by atoms with van der Waals surface area (Å²) >= 11 is 4.65. The van der Waals surface area contributed by atoms with Crippen LogP contribution in [0.5, 0.6) is 5.75 Å². The largest absolute Gasteiger partial charge is 0.497 e. The Morgan fingerprint density at radius 2 is 2.00 bits per heavy atom. The van der Waals surface area contributed by atoms with Crippen LogP contribution in [0.25, 0.3) is 0 Å². The van der Waals surface area contributed by atoms with Crippen molar-refractivity contribution in [1.82, 2.24) is 0 Å². The third kappa shape index (κ3) is 5.03. The van der Waals surface area contributed by atoms with Crippen molar-refractivity contribution in [2.45, 2.75) is 5.75 Å². The Labute approximate surface area is 141 Å². The number of benzene rings is 2. The van der Waals surface area contributed by atoms with E-state index in [1.807, 2.05) is 24.3 Å². The first-order chi connectivity index (χ1) is 10.6. The Balaban J connectivity index is 1.79. The first kappa shape index (κ1) is 16.8. The molecule has 0 fully saturated rings. The van der Waals surface area contributed by atoms with Gasteiger partial charge in [0.1, 0.15) is 11.6 Å². The molecule has 2 rings (SSSR count). The number of carbonyl (C=O) groups excluding carboxylic acids is 1. The lowest BCUT2D eigenvalue weighted by molar-refractivity contribution is -0.113. The highest BCUT2D eigenvalue weighted by atomic mass is 79.9. The first-order valence-electron chi connectivity index (χ1n) is 6.54. The van der Waals surface area contributed by atoms with Crippen molar-refractivity contribution in [3.05, 3.63) is 58.3 Å². The van der Waals surface area contributed by atoms with Gasteiger partial charge in [0.05, 0.1) is 18.6 Å². The van der Waals surface area contributed by atoms with Gasteiger partial charge in [-0.25, -0.2) is 4.39 Å². The summed E-state index contributed by atoms with van der Waals surface area (Å²) in [5.41, 5.74) is 1.30. The van der Waals surface area contributed by atoms with Gasteiger partial charge in [-0.3, -0.25) is 4.79 Å². The van der Waals surface area contributed by atoms with Crippen molar-refractivity contribution < 1.29 is 13.9 Å². The number of rotatable bonds is 6. The maximum atomic E-state index is 13.6. The summed E-state index contributed by atoms with van der Waals surface area (Å²) in [5.74, 6) is 1.10. The molecule has 0 saturated carbocycles. The molecule has 2 aromatic carbocycles. The number of hydrogen-bond donors (Lipinski definition) is 1. The molecule has 0 bridgehead atoms. The van der Waals surface area contributed by atoms with Crippen LogP contribution in [0.2, 0.25) is 0 Å². The minimum absolute atomic E-state index is 0.193. The zero-order valence-corrected chi connectivity index (χ0v) is 14.3. The zero-order chi connectivity index (χ0) is 15.9. The molecule has 0 saturated heterocycles. The average Bonchev–Trinajstić information content (AvgIpc) is 2.51. The van der Waals surface area contributed by atoms with Crippen LogP contribution in [0.15, 0.2) is 46.9 Å². The Hall–Kier alpha value is -1.53. The molecule has 1 N–H and O–H groups in total. The number of anilines is 1. The van der Waals surface area contributed by atoms with Crippen LogP contribution >= 0.6 is 27.7 Å². The monoisotopic (exact) mass is 383 g/mol. The van der Waals surface area contributed by atoms with Crippen LogP contribution in [0, 0.1) is 5.82 Å². The van der Waals surface area contributed by atoms with Crippen molar-refractivity contribution in [1.29, 1.82) is 0 Å². The van der Waals surface area contributed by atoms with Gasteiger partial charge in [0.25, 0.3) is 0 Å². The second-order valence-electron chi connectivity index (χ2n) is 4.51. The van der Waals surface area contributed by atoms with E-state index in [0.29, 0.717) is 10.2 Å². The molecule has 0 heterocycles. The van der Waals surface area contributed by atoms with E-state index in [-0.39, 0.29) is 17.3 Å². The number of nitrogens with one attached hydrogen (secondary N) is 1. The summed E-state index contributed by atoms with van der Waals surface area (Å²) in [5, 5.41) is 2.57. The summed E-state index contributed by atoms with van der Waals surface area (Å²) in [6.45, 7) is 0. The third-order valence-electron chi connectivity index (χ3n) is 2.87. The number of ether oxygens (including phenoxy) is 1. The first-order valence-corrected chi connectivity index (χ1v) is 8.49. The van der Waals surface area contributed by atoms with Crippen LogP contribution < -0.4 is 10.1 Å². The molecule has 0 aromatic heterocycles. The van der Waals surface area contributed by atoms with Crippen molar-refractivity contribution >= 4 is 39.3 Å². The second-order valence-corrected chi connectivity index (χ2v) is 6.41. The number of methoxy groups -OCH3 is 1. The molecule has 1 amide bonds. The second kappa shape index (κ2) is 8.19. The summed E-state index contributed by atoms with van der Waals surface area (Å²) in [7, 11) is 1.62. The quantitative estimate of drug-likeness (QED) is 0.799. The fourth-order valence-electron chi connectivity index (χ4n) is 1.76. The molecule has 0 aliphatic heterocycles.